The molecule has 4 aromatic heterocycles. The van der Waals surface area contributed by atoms with Crippen LogP contribution < -0.4 is 30.6 Å². The van der Waals surface area contributed by atoms with Gasteiger partial charge in [0.1, 0.15) is 36.3 Å². The lowest BCUT2D eigenvalue weighted by molar-refractivity contribution is -0.275. The third kappa shape index (κ3) is 24.3. The van der Waals surface area contributed by atoms with Crippen molar-refractivity contribution in [1.29, 1.82) is 0 Å². The number of nitrogen functional groups attached to an aromatic ring is 1. The van der Waals surface area contributed by atoms with Crippen LogP contribution in [0, 0.1) is 7.40 Å². The van der Waals surface area contributed by atoms with E-state index in [-0.39, 0.29) is 37.1 Å². The Labute approximate surface area is 521 Å². The highest BCUT2D eigenvalue weighted by molar-refractivity contribution is 14.1. The number of ether oxygens (including phenoxy) is 3. The Balaban J connectivity index is 0.000000232. The molecule has 27 heteroatoms. The van der Waals surface area contributed by atoms with Gasteiger partial charge in [-0.3, -0.25) is 0 Å². The maximum Gasteiger partial charge on any atom is 0.573 e. The van der Waals surface area contributed by atoms with E-state index in [2.05, 4.69) is 114 Å². The molecular weight excluding hydrogens is 1420 g/mol. The van der Waals surface area contributed by atoms with Crippen LogP contribution in [-0.2, 0) is 4.79 Å². The molecule has 0 radical (unpaired) electrons. The van der Waals surface area contributed by atoms with Gasteiger partial charge in [0.2, 0.25) is 0 Å². The van der Waals surface area contributed by atoms with Crippen molar-refractivity contribution in [1.82, 2.24) is 19.9 Å². The monoisotopic (exact) mass is 1460 g/mol. The van der Waals surface area contributed by atoms with Crippen molar-refractivity contribution < 1.29 is 76.8 Å². The van der Waals surface area contributed by atoms with Crippen molar-refractivity contribution in [2.45, 2.75) is 32.7 Å². The quantitative estimate of drug-likeness (QED) is 0.0517. The fraction of sp³-hybridized carbons (Fsp3) is 0.0833. The Morgan fingerprint density at radius 2 is 0.655 bits per heavy atom. The third-order valence-corrected chi connectivity index (χ3v) is 12.4. The summed E-state index contributed by atoms with van der Waals surface area (Å²) in [6, 6.07) is 55.8. The zero-order chi connectivity index (χ0) is 61.8. The molecule has 0 atom stereocenters. The SMILES string of the molecule is C.Cl.FC(F)(F)Oc1ccc(Nc2nccc3ccccc23)cc1.FC(F)(F)Oc1ccc(Nc2nccc3ccccc23)cc1.Ic1nccc2ccccc12.Ic1nccc2ccccc12.Nc1ccc(OC(F)(F)F)cc1.O=C(O)C(F)(F)F. The molecule has 0 aliphatic rings. The molecule has 0 fully saturated rings. The summed E-state index contributed by atoms with van der Waals surface area (Å²) in [6.07, 6.45) is -12.1. The summed E-state index contributed by atoms with van der Waals surface area (Å²) < 4.78 is 153. The highest BCUT2D eigenvalue weighted by atomic mass is 127. The molecule has 0 saturated carbocycles. The molecule has 0 saturated heterocycles. The van der Waals surface area contributed by atoms with E-state index in [1.807, 2.05) is 109 Å². The van der Waals surface area contributed by atoms with E-state index < -0.39 is 31.2 Å². The molecule has 7 aromatic carbocycles. The summed E-state index contributed by atoms with van der Waals surface area (Å²) >= 11 is 4.49. The van der Waals surface area contributed by atoms with Gasteiger partial charge in [0, 0.05) is 63.4 Å². The first kappa shape index (κ1) is 70.8. The molecule has 0 aliphatic heterocycles. The van der Waals surface area contributed by atoms with E-state index >= 15 is 0 Å². The minimum absolute atomic E-state index is 0. The summed E-state index contributed by atoms with van der Waals surface area (Å²) in [7, 11) is 0. The van der Waals surface area contributed by atoms with Gasteiger partial charge in [0.05, 0.1) is 0 Å². The van der Waals surface area contributed by atoms with Gasteiger partial charge in [-0.25, -0.2) is 24.7 Å². The second kappa shape index (κ2) is 32.7. The fourth-order valence-corrected chi connectivity index (χ4v) is 8.33. The lowest BCUT2D eigenvalue weighted by Crippen LogP contribution is -2.21. The average molecular weight is 1460 g/mol. The number of hydrogen-bond acceptors (Lipinski definition) is 11. The molecule has 456 valence electrons. The van der Waals surface area contributed by atoms with Gasteiger partial charge in [-0.1, -0.05) is 104 Å². The minimum Gasteiger partial charge on any atom is -0.475 e. The second-order valence-corrected chi connectivity index (χ2v) is 18.8. The summed E-state index contributed by atoms with van der Waals surface area (Å²) in [4.78, 5) is 25.8. The van der Waals surface area contributed by atoms with E-state index in [4.69, 9.17) is 15.6 Å². The number of nitrogens with one attached hydrogen (secondary N) is 2. The van der Waals surface area contributed by atoms with Gasteiger partial charge < -0.3 is 35.7 Å². The second-order valence-electron chi connectivity index (χ2n) is 16.7. The van der Waals surface area contributed by atoms with Gasteiger partial charge in [0.15, 0.2) is 0 Å². The first-order valence-electron chi connectivity index (χ1n) is 24.0. The van der Waals surface area contributed by atoms with Gasteiger partial charge in [0.25, 0.3) is 0 Å². The number of aliphatic carboxylic acids is 1. The Kier molecular flexibility index (Phi) is 26.7. The molecule has 11 rings (SSSR count). The van der Waals surface area contributed by atoms with Crippen LogP contribution >= 0.6 is 57.6 Å². The van der Waals surface area contributed by atoms with Crippen molar-refractivity contribution in [3.05, 3.63) is 226 Å². The van der Waals surface area contributed by atoms with Crippen molar-refractivity contribution in [2.75, 3.05) is 16.4 Å². The number of pyridine rings is 4. The molecule has 0 amide bonds. The van der Waals surface area contributed by atoms with Gasteiger partial charge >= 0.3 is 31.2 Å². The molecule has 87 heavy (non-hydrogen) atoms. The first-order valence-corrected chi connectivity index (χ1v) is 26.2. The molecule has 0 aliphatic carbocycles. The van der Waals surface area contributed by atoms with E-state index in [1.165, 1.54) is 82.2 Å². The van der Waals surface area contributed by atoms with Crippen LogP contribution in [0.2, 0.25) is 0 Å². The number of carboxylic acids is 1. The summed E-state index contributed by atoms with van der Waals surface area (Å²) in [5, 5.41) is 22.2. The number of aromatic nitrogens is 4. The first-order chi connectivity index (χ1) is 40.2. The Hall–Kier alpha value is -8.64. The maximum atomic E-state index is 12.1. The van der Waals surface area contributed by atoms with Gasteiger partial charge in [-0.2, -0.15) is 13.2 Å². The number of fused-ring (bicyclic) bond motifs is 4. The number of nitrogens with zero attached hydrogens (tertiary/aromatic N) is 4. The smallest absolute Gasteiger partial charge is 0.475 e. The number of halogens is 15. The van der Waals surface area contributed by atoms with E-state index in [0.717, 1.165) is 41.1 Å². The maximum absolute atomic E-state index is 12.1. The van der Waals surface area contributed by atoms with Gasteiger partial charge in [-0.05, 0) is 164 Å². The third-order valence-electron chi connectivity index (χ3n) is 10.7. The van der Waals surface area contributed by atoms with E-state index in [0.29, 0.717) is 28.7 Å². The number of rotatable bonds is 7. The molecule has 0 unspecified atom stereocenters. The predicted octanol–water partition coefficient (Wildman–Crippen LogP) is 19.3. The van der Waals surface area contributed by atoms with E-state index in [9.17, 15) is 52.7 Å². The highest BCUT2D eigenvalue weighted by Gasteiger charge is 2.38. The number of nitrogens with two attached hydrogens (primary N) is 1. The highest BCUT2D eigenvalue weighted by Crippen LogP contribution is 2.30. The number of carbonyl (C=O) groups is 1. The van der Waals surface area contributed by atoms with Crippen LogP contribution in [-0.4, -0.2) is 56.3 Å². The zero-order valence-corrected chi connectivity index (χ0v) is 48.6. The summed E-state index contributed by atoms with van der Waals surface area (Å²) in [5.74, 6) is -2.26. The van der Waals surface area contributed by atoms with Crippen molar-refractivity contribution >= 4 is 135 Å². The lowest BCUT2D eigenvalue weighted by atomic mass is 10.1. The molecule has 11 aromatic rings. The standard InChI is InChI=1S/2C16H11F3N2O.2C9H6IN.C7H6F3NO.C2HF3O2.CH4.ClH/c2*17-16(18,19)22-13-7-5-12(6-8-13)21-15-14-4-2-1-3-11(14)9-10-20-15;2*10-9-8-4-2-1-3-7(8)5-6-11-9;8-7(9,10)12-6-3-1-5(11)2-4-6;3-2(4,5)1(6)7;;/h2*1-10H,(H,20,21);2*1-6H;1-4H,11H2;(H,6,7);1H4;1H. The summed E-state index contributed by atoms with van der Waals surface area (Å²) in [6.45, 7) is 0. The minimum atomic E-state index is -5.08. The Bertz CT molecular complexity index is 3690. The topological polar surface area (TPSA) is 167 Å². The normalized spacial score (nSPS) is 10.8. The Morgan fingerprint density at radius 1 is 0.402 bits per heavy atom. The molecular formula is C60H46ClF12I2N7O5. The molecule has 0 bridgehead atoms. The number of hydrogen-bond donors (Lipinski definition) is 4. The lowest BCUT2D eigenvalue weighted by Gasteiger charge is -2.11. The number of alkyl halides is 12. The van der Waals surface area contributed by atoms with E-state index in [1.54, 1.807) is 12.4 Å². The van der Waals surface area contributed by atoms with Crippen LogP contribution in [0.3, 0.4) is 0 Å². The molecule has 0 spiro atoms. The number of benzene rings is 7. The number of carboxylic acid groups (broad SMARTS) is 1. The molecule has 5 N–H and O–H groups in total. The van der Waals surface area contributed by atoms with Crippen LogP contribution in [0.1, 0.15) is 7.43 Å². The van der Waals surface area contributed by atoms with Gasteiger partial charge in [-0.15, -0.1) is 51.9 Å². The van der Waals surface area contributed by atoms with Crippen LogP contribution in [0.4, 0.5) is 81.4 Å². The van der Waals surface area contributed by atoms with Crippen LogP contribution in [0.5, 0.6) is 17.2 Å². The summed E-state index contributed by atoms with van der Waals surface area (Å²) in [5.41, 5.74) is 6.89. The largest absolute Gasteiger partial charge is 0.573 e. The zero-order valence-electron chi connectivity index (χ0n) is 43.4. The van der Waals surface area contributed by atoms with Crippen molar-refractivity contribution in [3.63, 3.8) is 0 Å². The van der Waals surface area contributed by atoms with Crippen molar-refractivity contribution in [3.8, 4) is 17.2 Å². The van der Waals surface area contributed by atoms with Crippen LogP contribution in [0.15, 0.2) is 219 Å². The number of anilines is 5. The fourth-order valence-electron chi connectivity index (χ4n) is 7.03. The Morgan fingerprint density at radius 3 is 0.931 bits per heavy atom. The van der Waals surface area contributed by atoms with Crippen LogP contribution in [0.25, 0.3) is 43.1 Å². The predicted molar refractivity (Wildman–Crippen MR) is 330 cm³/mol. The molecule has 12 nitrogen and oxygen atoms in total. The molecule has 4 heterocycles. The average Bonchev–Trinajstić information content (AvgIpc) is 2.27. The van der Waals surface area contributed by atoms with Crippen molar-refractivity contribution in [2.24, 2.45) is 0 Å².